The van der Waals surface area contributed by atoms with E-state index in [1.54, 1.807) is 6.92 Å². The molecule has 0 aliphatic carbocycles. The highest BCUT2D eigenvalue weighted by Crippen LogP contribution is 3.02. The molecule has 2 rings (SSSR count). The molecule has 11 heteroatoms. The number of halogens is 5. The minimum absolute atomic E-state index is 0.0551. The second-order valence-corrected chi connectivity index (χ2v) is 7.64. The van der Waals surface area contributed by atoms with Crippen LogP contribution in [0.1, 0.15) is 36.5 Å². The fraction of sp³-hybridized carbons (Fsp3) is 0.357. The standard InChI is InChI=1S/C14H16F5N3O2S/c1-3-5-12-13(14(23)24-4-2)20-21-22(12)10-6-8-11(9-7-10)25(15,16,17,18)19/h6-9H,3-5H2,1-2H3. The van der Waals surface area contributed by atoms with Crippen LogP contribution in [0.4, 0.5) is 19.4 Å². The predicted octanol–water partition coefficient (Wildman–Crippen LogP) is 5.05. The van der Waals surface area contributed by atoms with E-state index in [2.05, 4.69) is 10.3 Å². The van der Waals surface area contributed by atoms with Crippen molar-refractivity contribution in [2.45, 2.75) is 31.6 Å². The lowest BCUT2D eigenvalue weighted by molar-refractivity contribution is 0.0518. The third kappa shape index (κ3) is 4.27. The van der Waals surface area contributed by atoms with Gasteiger partial charge < -0.3 is 4.74 Å². The zero-order chi connectivity index (χ0) is 18.9. The summed E-state index contributed by atoms with van der Waals surface area (Å²) in [6.07, 6.45) is 0.952. The van der Waals surface area contributed by atoms with Gasteiger partial charge in [0.2, 0.25) is 0 Å². The van der Waals surface area contributed by atoms with Crippen molar-refractivity contribution in [2.24, 2.45) is 0 Å². The lowest BCUT2D eigenvalue weighted by atomic mass is 10.2. The van der Waals surface area contributed by atoms with Crippen molar-refractivity contribution in [3.05, 3.63) is 35.7 Å². The first kappa shape index (κ1) is 19.2. The number of hydrogen-bond donors (Lipinski definition) is 0. The van der Waals surface area contributed by atoms with Crippen LogP contribution in [-0.2, 0) is 11.2 Å². The molecule has 25 heavy (non-hydrogen) atoms. The summed E-state index contributed by atoms with van der Waals surface area (Å²) in [5, 5.41) is 7.45. The Morgan fingerprint density at radius 1 is 1.12 bits per heavy atom. The minimum Gasteiger partial charge on any atom is -0.461 e. The van der Waals surface area contributed by atoms with Crippen LogP contribution in [0.3, 0.4) is 0 Å². The number of ether oxygens (including phenoxy) is 1. The van der Waals surface area contributed by atoms with Crippen LogP contribution < -0.4 is 0 Å². The van der Waals surface area contributed by atoms with E-state index in [0.29, 0.717) is 30.7 Å². The molecule has 0 unspecified atom stereocenters. The quantitative estimate of drug-likeness (QED) is 0.516. The van der Waals surface area contributed by atoms with E-state index in [1.807, 2.05) is 6.92 Å². The van der Waals surface area contributed by atoms with Crippen molar-refractivity contribution < 1.29 is 29.0 Å². The van der Waals surface area contributed by atoms with Crippen molar-refractivity contribution >= 4 is 16.2 Å². The van der Waals surface area contributed by atoms with Gasteiger partial charge in [0, 0.05) is 0 Å². The first-order chi connectivity index (χ1) is 11.4. The Morgan fingerprint density at radius 2 is 1.72 bits per heavy atom. The van der Waals surface area contributed by atoms with Crippen LogP contribution >= 0.6 is 10.2 Å². The van der Waals surface area contributed by atoms with Crippen LogP contribution in [0.25, 0.3) is 5.69 Å². The van der Waals surface area contributed by atoms with Gasteiger partial charge in [-0.05, 0) is 37.6 Å². The Labute approximate surface area is 140 Å². The second-order valence-electron chi connectivity index (χ2n) is 5.23. The predicted molar refractivity (Wildman–Crippen MR) is 82.7 cm³/mol. The number of esters is 1. The maximum atomic E-state index is 12.8. The number of carbonyl (C=O) groups is 1. The van der Waals surface area contributed by atoms with Crippen molar-refractivity contribution in [3.8, 4) is 5.69 Å². The van der Waals surface area contributed by atoms with Crippen molar-refractivity contribution in [2.75, 3.05) is 6.61 Å². The number of carbonyl (C=O) groups excluding carboxylic acids is 1. The molecule has 0 atom stereocenters. The molecule has 140 valence electrons. The largest absolute Gasteiger partial charge is 0.461 e. The molecule has 0 spiro atoms. The molecule has 0 amide bonds. The molecule has 1 aromatic heterocycles. The summed E-state index contributed by atoms with van der Waals surface area (Å²) >= 11 is 0. The molecule has 1 heterocycles. The fourth-order valence-electron chi connectivity index (χ4n) is 2.17. The van der Waals surface area contributed by atoms with E-state index >= 15 is 0 Å². The number of nitrogens with zero attached hydrogens (tertiary/aromatic N) is 3. The maximum Gasteiger partial charge on any atom is 0.360 e. The SMILES string of the molecule is CCCc1c(C(=O)OCC)nnn1-c1ccc(S(F)(F)(F)(F)F)cc1. The van der Waals surface area contributed by atoms with E-state index in [-0.39, 0.29) is 18.0 Å². The summed E-state index contributed by atoms with van der Waals surface area (Å²) in [7, 11) is -9.74. The zero-order valence-electron chi connectivity index (χ0n) is 13.4. The van der Waals surface area contributed by atoms with Gasteiger partial charge >= 0.3 is 16.2 Å². The van der Waals surface area contributed by atoms with E-state index in [4.69, 9.17) is 4.74 Å². The van der Waals surface area contributed by atoms with E-state index in [0.717, 1.165) is 16.8 Å². The number of benzene rings is 1. The third-order valence-corrected chi connectivity index (χ3v) is 4.41. The monoisotopic (exact) mass is 385 g/mol. The summed E-state index contributed by atoms with van der Waals surface area (Å²) in [5.74, 6) is -0.708. The molecule has 2 aromatic rings. The first-order valence-corrected chi connectivity index (χ1v) is 9.28. The van der Waals surface area contributed by atoms with Gasteiger partial charge in [0.15, 0.2) is 5.69 Å². The molecule has 1 aromatic carbocycles. The van der Waals surface area contributed by atoms with Gasteiger partial charge in [-0.3, -0.25) is 0 Å². The van der Waals surface area contributed by atoms with E-state index in [9.17, 15) is 24.2 Å². The van der Waals surface area contributed by atoms with Gasteiger partial charge in [-0.15, -0.1) is 5.10 Å². The Hall–Kier alpha value is -2.17. The number of aromatic nitrogens is 3. The molecule has 0 aliphatic rings. The highest BCUT2D eigenvalue weighted by Gasteiger charge is 2.65. The zero-order valence-corrected chi connectivity index (χ0v) is 14.2. The van der Waals surface area contributed by atoms with E-state index < -0.39 is 21.1 Å². The maximum absolute atomic E-state index is 12.8. The van der Waals surface area contributed by atoms with Crippen LogP contribution in [0.2, 0.25) is 0 Å². The van der Waals surface area contributed by atoms with Crippen LogP contribution in [0.15, 0.2) is 29.2 Å². The van der Waals surface area contributed by atoms with Gasteiger partial charge in [-0.1, -0.05) is 38.0 Å². The van der Waals surface area contributed by atoms with Crippen LogP contribution in [0.5, 0.6) is 0 Å². The molecule has 0 bridgehead atoms. The molecular weight excluding hydrogens is 369 g/mol. The van der Waals surface area contributed by atoms with Gasteiger partial charge in [-0.2, -0.15) is 0 Å². The Morgan fingerprint density at radius 3 is 2.20 bits per heavy atom. The van der Waals surface area contributed by atoms with Crippen molar-refractivity contribution in [1.82, 2.24) is 15.0 Å². The lowest BCUT2D eigenvalue weighted by Gasteiger charge is -2.40. The highest BCUT2D eigenvalue weighted by molar-refractivity contribution is 8.45. The molecule has 0 fully saturated rings. The summed E-state index contributed by atoms with van der Waals surface area (Å²) in [5.41, 5.74) is 0.360. The van der Waals surface area contributed by atoms with Crippen molar-refractivity contribution in [3.63, 3.8) is 0 Å². The molecule has 0 N–H and O–H groups in total. The van der Waals surface area contributed by atoms with Crippen LogP contribution in [0, 0.1) is 0 Å². The van der Waals surface area contributed by atoms with Crippen LogP contribution in [-0.4, -0.2) is 27.6 Å². The average molecular weight is 385 g/mol. The minimum atomic E-state index is -9.74. The smallest absolute Gasteiger partial charge is 0.360 e. The first-order valence-electron chi connectivity index (χ1n) is 7.33. The Bertz CT molecular complexity index is 788. The summed E-state index contributed by atoms with van der Waals surface area (Å²) in [6.45, 7) is 3.56. The fourth-order valence-corrected chi connectivity index (χ4v) is 2.82. The molecular formula is C14H16F5N3O2S. The summed E-state index contributed by atoms with van der Waals surface area (Å²) in [6, 6.07) is 2.29. The third-order valence-electron chi connectivity index (χ3n) is 3.25. The molecule has 0 saturated carbocycles. The number of rotatable bonds is 6. The van der Waals surface area contributed by atoms with Gasteiger partial charge in [0.05, 0.1) is 18.0 Å². The Kier molecular flexibility index (Phi) is 4.35. The average Bonchev–Trinajstić information content (AvgIpc) is 2.89. The van der Waals surface area contributed by atoms with Crippen molar-refractivity contribution in [1.29, 1.82) is 0 Å². The molecule has 0 saturated heterocycles. The molecule has 5 nitrogen and oxygen atoms in total. The Balaban J connectivity index is 2.48. The normalized spacial score (nSPS) is 14.7. The summed E-state index contributed by atoms with van der Waals surface area (Å²) in [4.78, 5) is 9.88. The topological polar surface area (TPSA) is 57.0 Å². The molecule has 0 radical (unpaired) electrons. The van der Waals surface area contributed by atoms with Gasteiger partial charge in [0.25, 0.3) is 0 Å². The van der Waals surface area contributed by atoms with Gasteiger partial charge in [-0.25, -0.2) is 9.48 Å². The number of hydrogen-bond acceptors (Lipinski definition) is 4. The second kappa shape index (κ2) is 5.68. The van der Waals surface area contributed by atoms with E-state index in [1.165, 1.54) is 0 Å². The summed E-state index contributed by atoms with van der Waals surface area (Å²) < 4.78 is 69.9. The lowest BCUT2D eigenvalue weighted by Crippen LogP contribution is -2.10. The molecule has 0 aliphatic heterocycles. The highest BCUT2D eigenvalue weighted by atomic mass is 32.5. The van der Waals surface area contributed by atoms with Gasteiger partial charge in [0.1, 0.15) is 4.90 Å².